The molecule has 1 atom stereocenters. The zero-order valence-corrected chi connectivity index (χ0v) is 11.3. The van der Waals surface area contributed by atoms with Crippen LogP contribution in [-0.4, -0.2) is 34.4 Å². The van der Waals surface area contributed by atoms with E-state index < -0.39 is 5.54 Å². The van der Waals surface area contributed by atoms with Gasteiger partial charge in [0.1, 0.15) is 0 Å². The van der Waals surface area contributed by atoms with Crippen LogP contribution in [0.1, 0.15) is 26.3 Å². The normalized spacial score (nSPS) is 23.8. The number of aromatic nitrogens is 1. The van der Waals surface area contributed by atoms with Gasteiger partial charge in [-0.2, -0.15) is 0 Å². The molecule has 0 bridgehead atoms. The summed E-state index contributed by atoms with van der Waals surface area (Å²) in [4.78, 5) is 18.5. The Morgan fingerprint density at radius 1 is 1.56 bits per heavy atom. The molecule has 1 aliphatic rings. The molecule has 0 aliphatic carbocycles. The largest absolute Gasteiger partial charge is 0.336 e. The monoisotopic (exact) mass is 247 g/mol. The maximum atomic E-state index is 12.5. The Labute approximate surface area is 108 Å². The molecule has 1 N–H and O–H groups in total. The van der Waals surface area contributed by atoms with Crippen LogP contribution in [-0.2, 0) is 11.3 Å². The highest BCUT2D eigenvalue weighted by Gasteiger charge is 2.35. The molecule has 4 nitrogen and oxygen atoms in total. The molecule has 2 heterocycles. The summed E-state index contributed by atoms with van der Waals surface area (Å²) in [6.07, 6.45) is 3.57. The molecule has 1 aliphatic heterocycles. The predicted octanol–water partition coefficient (Wildman–Crippen LogP) is 1.43. The molecule has 0 spiro atoms. The maximum absolute atomic E-state index is 12.5. The van der Waals surface area contributed by atoms with Crippen molar-refractivity contribution in [2.24, 2.45) is 5.92 Å². The Morgan fingerprint density at radius 3 is 3.00 bits per heavy atom. The Morgan fingerprint density at radius 2 is 2.33 bits per heavy atom. The van der Waals surface area contributed by atoms with Gasteiger partial charge in [-0.15, -0.1) is 0 Å². The minimum Gasteiger partial charge on any atom is -0.336 e. The number of pyridine rings is 1. The first kappa shape index (κ1) is 13.0. The lowest BCUT2D eigenvalue weighted by atomic mass is 10.0. The lowest BCUT2D eigenvalue weighted by Crippen LogP contribution is -2.51. The van der Waals surface area contributed by atoms with Crippen LogP contribution in [0.4, 0.5) is 0 Å². The van der Waals surface area contributed by atoms with Crippen molar-refractivity contribution in [2.75, 3.05) is 13.1 Å². The minimum absolute atomic E-state index is 0.163. The van der Waals surface area contributed by atoms with Gasteiger partial charge in [-0.25, -0.2) is 0 Å². The first-order chi connectivity index (χ1) is 8.49. The van der Waals surface area contributed by atoms with E-state index in [1.807, 2.05) is 37.1 Å². The molecule has 0 aromatic carbocycles. The second-order valence-corrected chi connectivity index (χ2v) is 5.66. The fourth-order valence-electron chi connectivity index (χ4n) is 2.27. The molecular weight excluding hydrogens is 226 g/mol. The van der Waals surface area contributed by atoms with Crippen LogP contribution < -0.4 is 5.32 Å². The molecule has 1 aromatic rings. The molecule has 1 amide bonds. The highest BCUT2D eigenvalue weighted by Crippen LogP contribution is 2.17. The summed E-state index contributed by atoms with van der Waals surface area (Å²) in [6, 6.07) is 3.92. The van der Waals surface area contributed by atoms with Crippen molar-refractivity contribution in [3.63, 3.8) is 0 Å². The van der Waals surface area contributed by atoms with Crippen LogP contribution in [0.25, 0.3) is 0 Å². The number of carbonyl (C=O) groups excluding carboxylic acids is 1. The van der Waals surface area contributed by atoms with Gasteiger partial charge in [0.05, 0.1) is 5.54 Å². The van der Waals surface area contributed by atoms with E-state index in [0.29, 0.717) is 12.5 Å². The third-order valence-corrected chi connectivity index (χ3v) is 3.34. The summed E-state index contributed by atoms with van der Waals surface area (Å²) in [5.74, 6) is 0.628. The van der Waals surface area contributed by atoms with Gasteiger partial charge in [-0.3, -0.25) is 9.78 Å². The van der Waals surface area contributed by atoms with Crippen molar-refractivity contribution in [2.45, 2.75) is 32.9 Å². The highest BCUT2D eigenvalue weighted by atomic mass is 16.2. The average molecular weight is 247 g/mol. The number of nitrogens with one attached hydrogen (secondary N) is 1. The Bertz CT molecular complexity index is 416. The van der Waals surface area contributed by atoms with Gasteiger partial charge in [-0.05, 0) is 31.4 Å². The summed E-state index contributed by atoms with van der Waals surface area (Å²) < 4.78 is 0. The van der Waals surface area contributed by atoms with Crippen molar-refractivity contribution in [3.05, 3.63) is 30.1 Å². The van der Waals surface area contributed by atoms with Crippen molar-refractivity contribution in [1.29, 1.82) is 0 Å². The summed E-state index contributed by atoms with van der Waals surface area (Å²) in [7, 11) is 0. The lowest BCUT2D eigenvalue weighted by Gasteiger charge is -2.29. The van der Waals surface area contributed by atoms with Crippen molar-refractivity contribution in [3.8, 4) is 0 Å². The van der Waals surface area contributed by atoms with Gasteiger partial charge in [0.25, 0.3) is 0 Å². The molecule has 98 valence electrons. The molecule has 1 fully saturated rings. The Kier molecular flexibility index (Phi) is 3.66. The fraction of sp³-hybridized carbons (Fsp3) is 0.571. The molecule has 0 radical (unpaired) electrons. The quantitative estimate of drug-likeness (QED) is 0.860. The zero-order valence-electron chi connectivity index (χ0n) is 11.3. The Balaban J connectivity index is 2.16. The van der Waals surface area contributed by atoms with Crippen LogP contribution in [0.15, 0.2) is 24.5 Å². The third kappa shape index (κ3) is 2.88. The number of carbonyl (C=O) groups is 1. The van der Waals surface area contributed by atoms with Crippen LogP contribution >= 0.6 is 0 Å². The second-order valence-electron chi connectivity index (χ2n) is 5.66. The minimum atomic E-state index is -0.479. The van der Waals surface area contributed by atoms with Gasteiger partial charge in [0.15, 0.2) is 0 Å². The SMILES string of the molecule is CC1CNC(C)(C)C(=O)N(Cc2cccnc2)C1. The van der Waals surface area contributed by atoms with Crippen molar-refractivity contribution in [1.82, 2.24) is 15.2 Å². The first-order valence-corrected chi connectivity index (χ1v) is 6.42. The molecular formula is C14H21N3O. The fourth-order valence-corrected chi connectivity index (χ4v) is 2.27. The number of hydrogen-bond donors (Lipinski definition) is 1. The summed E-state index contributed by atoms with van der Waals surface area (Å²) in [5, 5.41) is 3.33. The van der Waals surface area contributed by atoms with E-state index in [-0.39, 0.29) is 5.91 Å². The molecule has 1 saturated heterocycles. The van der Waals surface area contributed by atoms with E-state index in [9.17, 15) is 4.79 Å². The van der Waals surface area contributed by atoms with E-state index in [0.717, 1.165) is 18.7 Å². The average Bonchev–Trinajstić information content (AvgIpc) is 2.44. The molecule has 2 rings (SSSR count). The standard InChI is InChI=1S/C14H21N3O/c1-11-7-16-14(2,3)13(18)17(9-11)10-12-5-4-6-15-8-12/h4-6,8,11,16H,7,9-10H2,1-3H3. The van der Waals surface area contributed by atoms with Gasteiger partial charge in [0.2, 0.25) is 5.91 Å². The summed E-state index contributed by atoms with van der Waals surface area (Å²) in [5.41, 5.74) is 0.600. The molecule has 4 heteroatoms. The second kappa shape index (κ2) is 5.06. The topological polar surface area (TPSA) is 45.2 Å². The number of nitrogens with zero attached hydrogens (tertiary/aromatic N) is 2. The van der Waals surface area contributed by atoms with Gasteiger partial charge in [0, 0.05) is 32.0 Å². The first-order valence-electron chi connectivity index (χ1n) is 6.42. The third-order valence-electron chi connectivity index (χ3n) is 3.34. The van der Waals surface area contributed by atoms with E-state index in [2.05, 4.69) is 17.2 Å². The van der Waals surface area contributed by atoms with Crippen molar-refractivity contribution >= 4 is 5.91 Å². The molecule has 18 heavy (non-hydrogen) atoms. The number of amides is 1. The highest BCUT2D eigenvalue weighted by molar-refractivity contribution is 5.85. The van der Waals surface area contributed by atoms with Crippen LogP contribution in [0.2, 0.25) is 0 Å². The van der Waals surface area contributed by atoms with E-state index in [1.54, 1.807) is 6.20 Å². The van der Waals surface area contributed by atoms with Crippen LogP contribution in [0.3, 0.4) is 0 Å². The zero-order chi connectivity index (χ0) is 13.2. The molecule has 1 aromatic heterocycles. The van der Waals surface area contributed by atoms with Crippen LogP contribution in [0, 0.1) is 5.92 Å². The van der Waals surface area contributed by atoms with Crippen LogP contribution in [0.5, 0.6) is 0 Å². The van der Waals surface area contributed by atoms with E-state index >= 15 is 0 Å². The maximum Gasteiger partial charge on any atom is 0.242 e. The summed E-state index contributed by atoms with van der Waals surface area (Å²) >= 11 is 0. The van der Waals surface area contributed by atoms with Gasteiger partial charge in [-0.1, -0.05) is 13.0 Å². The van der Waals surface area contributed by atoms with Gasteiger partial charge < -0.3 is 10.2 Å². The summed E-state index contributed by atoms with van der Waals surface area (Å²) in [6.45, 7) is 8.37. The molecule has 1 unspecified atom stereocenters. The molecule has 0 saturated carbocycles. The lowest BCUT2D eigenvalue weighted by molar-refractivity contribution is -0.136. The van der Waals surface area contributed by atoms with Gasteiger partial charge >= 0.3 is 0 Å². The smallest absolute Gasteiger partial charge is 0.242 e. The van der Waals surface area contributed by atoms with E-state index in [1.165, 1.54) is 0 Å². The van der Waals surface area contributed by atoms with E-state index in [4.69, 9.17) is 0 Å². The predicted molar refractivity (Wildman–Crippen MR) is 70.9 cm³/mol. The Hall–Kier alpha value is -1.42. The van der Waals surface area contributed by atoms with Crippen molar-refractivity contribution < 1.29 is 4.79 Å². The number of rotatable bonds is 2. The number of hydrogen-bond acceptors (Lipinski definition) is 3.